The second kappa shape index (κ2) is 6.01. The quantitative estimate of drug-likeness (QED) is 0.504. The minimum Gasteiger partial charge on any atom is -0.454 e. The Morgan fingerprint density at radius 3 is 3.17 bits per heavy atom. The number of nitrogens with one attached hydrogen (secondary N) is 2. The van der Waals surface area contributed by atoms with Crippen LogP contribution in [0.5, 0.6) is 11.5 Å². The van der Waals surface area contributed by atoms with E-state index in [1.807, 2.05) is 19.1 Å². The van der Waals surface area contributed by atoms with Gasteiger partial charge in [0.05, 0.1) is 10.7 Å². The molecule has 0 fully saturated rings. The molecule has 96 valence electrons. The molecule has 2 rings (SSSR count). The van der Waals surface area contributed by atoms with Crippen LogP contribution in [0.25, 0.3) is 0 Å². The van der Waals surface area contributed by atoms with E-state index >= 15 is 0 Å². The van der Waals surface area contributed by atoms with Gasteiger partial charge in [-0.15, -0.1) is 0 Å². The van der Waals surface area contributed by atoms with Gasteiger partial charge in [-0.2, -0.15) is 5.10 Å². The lowest BCUT2D eigenvalue weighted by Crippen LogP contribution is -2.31. The van der Waals surface area contributed by atoms with Gasteiger partial charge in [0.1, 0.15) is 0 Å². The number of halogens is 1. The topological polar surface area (TPSA) is 54.9 Å². The van der Waals surface area contributed by atoms with Crippen molar-refractivity contribution in [2.24, 2.45) is 5.10 Å². The van der Waals surface area contributed by atoms with Gasteiger partial charge < -0.3 is 14.8 Å². The zero-order valence-electron chi connectivity index (χ0n) is 9.70. The number of ether oxygens (including phenoxy) is 2. The maximum Gasteiger partial charge on any atom is 0.231 e. The minimum atomic E-state index is 0.247. The van der Waals surface area contributed by atoms with Gasteiger partial charge in [-0.25, -0.2) is 0 Å². The predicted octanol–water partition coefficient (Wildman–Crippen LogP) is 2.00. The predicted molar refractivity (Wildman–Crippen MR) is 77.3 cm³/mol. The van der Waals surface area contributed by atoms with E-state index in [9.17, 15) is 0 Å². The summed E-state index contributed by atoms with van der Waals surface area (Å²) >= 11 is 8.40. The number of benzene rings is 1. The highest BCUT2D eigenvalue weighted by Gasteiger charge is 2.17. The molecule has 0 saturated carbocycles. The third kappa shape index (κ3) is 3.11. The minimum absolute atomic E-state index is 0.247. The van der Waals surface area contributed by atoms with Crippen molar-refractivity contribution in [3.63, 3.8) is 0 Å². The lowest BCUT2D eigenvalue weighted by molar-refractivity contribution is 0.173. The molecule has 7 heteroatoms. The van der Waals surface area contributed by atoms with Crippen molar-refractivity contribution in [1.82, 2.24) is 10.7 Å². The molecule has 0 spiro atoms. The van der Waals surface area contributed by atoms with Crippen LogP contribution in [0, 0.1) is 0 Å². The van der Waals surface area contributed by atoms with Gasteiger partial charge in [-0.05, 0) is 52.8 Å². The molecule has 0 bridgehead atoms. The Bertz CT molecular complexity index is 493. The Balaban J connectivity index is 2.04. The van der Waals surface area contributed by atoms with Crippen molar-refractivity contribution in [2.45, 2.75) is 6.92 Å². The Labute approximate surface area is 119 Å². The summed E-state index contributed by atoms with van der Waals surface area (Å²) < 4.78 is 11.5. The zero-order chi connectivity index (χ0) is 13.0. The molecule has 1 aromatic rings. The first-order valence-electron chi connectivity index (χ1n) is 5.36. The maximum absolute atomic E-state index is 5.31. The Morgan fingerprint density at radius 1 is 1.56 bits per heavy atom. The molecule has 0 saturated heterocycles. The van der Waals surface area contributed by atoms with Crippen molar-refractivity contribution >= 4 is 39.5 Å². The summed E-state index contributed by atoms with van der Waals surface area (Å²) in [6.45, 7) is 2.97. The van der Waals surface area contributed by atoms with E-state index in [0.29, 0.717) is 10.9 Å². The van der Waals surface area contributed by atoms with Gasteiger partial charge in [0.2, 0.25) is 6.79 Å². The van der Waals surface area contributed by atoms with Crippen LogP contribution in [0.15, 0.2) is 21.7 Å². The van der Waals surface area contributed by atoms with Crippen LogP contribution in [-0.2, 0) is 0 Å². The van der Waals surface area contributed by atoms with E-state index in [1.54, 1.807) is 6.21 Å². The Morgan fingerprint density at radius 2 is 2.39 bits per heavy atom. The number of nitrogens with zero attached hydrogens (tertiary/aromatic N) is 1. The molecule has 0 radical (unpaired) electrons. The first-order chi connectivity index (χ1) is 8.70. The van der Waals surface area contributed by atoms with Crippen LogP contribution < -0.4 is 20.2 Å². The van der Waals surface area contributed by atoms with Gasteiger partial charge in [0, 0.05) is 6.54 Å². The highest BCUT2D eigenvalue weighted by molar-refractivity contribution is 9.10. The van der Waals surface area contributed by atoms with Gasteiger partial charge in [0.25, 0.3) is 0 Å². The molecule has 18 heavy (non-hydrogen) atoms. The summed E-state index contributed by atoms with van der Waals surface area (Å²) in [6.07, 6.45) is 1.66. The SMILES string of the molecule is CCNC(=S)N/N=C/c1cc(Br)c2c(c1)OCO2. The first-order valence-corrected chi connectivity index (χ1v) is 6.57. The van der Waals surface area contributed by atoms with Crippen molar-refractivity contribution in [2.75, 3.05) is 13.3 Å². The third-order valence-electron chi connectivity index (χ3n) is 2.17. The second-order valence-electron chi connectivity index (χ2n) is 3.47. The highest BCUT2D eigenvalue weighted by atomic mass is 79.9. The fourth-order valence-corrected chi connectivity index (χ4v) is 2.20. The number of thiocarbonyl (C=S) groups is 1. The van der Waals surface area contributed by atoms with Crippen molar-refractivity contribution in [3.8, 4) is 11.5 Å². The molecule has 0 amide bonds. The lowest BCUT2D eigenvalue weighted by atomic mass is 10.2. The molecule has 5 nitrogen and oxygen atoms in total. The van der Waals surface area contributed by atoms with E-state index in [4.69, 9.17) is 21.7 Å². The second-order valence-corrected chi connectivity index (χ2v) is 4.73. The average molecular weight is 330 g/mol. The smallest absolute Gasteiger partial charge is 0.231 e. The molecule has 1 aliphatic rings. The largest absolute Gasteiger partial charge is 0.454 e. The summed E-state index contributed by atoms with van der Waals surface area (Å²) in [6, 6.07) is 3.75. The number of fused-ring (bicyclic) bond motifs is 1. The van der Waals surface area contributed by atoms with E-state index in [-0.39, 0.29) is 6.79 Å². The van der Waals surface area contributed by atoms with E-state index in [2.05, 4.69) is 31.8 Å². The molecule has 1 heterocycles. The third-order valence-corrected chi connectivity index (χ3v) is 2.99. The molecule has 1 aromatic carbocycles. The molecule has 0 aromatic heterocycles. The van der Waals surface area contributed by atoms with Crippen LogP contribution >= 0.6 is 28.1 Å². The number of hydrazone groups is 1. The van der Waals surface area contributed by atoms with Crippen LogP contribution in [-0.4, -0.2) is 24.7 Å². The molecular weight excluding hydrogens is 318 g/mol. The summed E-state index contributed by atoms with van der Waals surface area (Å²) in [5, 5.41) is 7.46. The number of hydrogen-bond donors (Lipinski definition) is 2. The molecule has 0 aliphatic carbocycles. The summed E-state index contributed by atoms with van der Waals surface area (Å²) in [5.41, 5.74) is 3.61. The van der Waals surface area contributed by atoms with Crippen molar-refractivity contribution in [1.29, 1.82) is 0 Å². The first kappa shape index (κ1) is 13.1. The van der Waals surface area contributed by atoms with Gasteiger partial charge in [0.15, 0.2) is 16.6 Å². The molecule has 0 atom stereocenters. The lowest BCUT2D eigenvalue weighted by Gasteiger charge is -2.03. The zero-order valence-corrected chi connectivity index (χ0v) is 12.1. The van der Waals surface area contributed by atoms with Crippen molar-refractivity contribution in [3.05, 3.63) is 22.2 Å². The fraction of sp³-hybridized carbons (Fsp3) is 0.273. The average Bonchev–Trinajstić information content (AvgIpc) is 2.78. The Hall–Kier alpha value is -1.34. The molecular formula is C11H12BrN3O2S. The summed E-state index contributed by atoms with van der Waals surface area (Å²) in [4.78, 5) is 0. The number of hydrogen-bond acceptors (Lipinski definition) is 4. The Kier molecular flexibility index (Phi) is 4.38. The fourth-order valence-electron chi connectivity index (χ4n) is 1.43. The number of rotatable bonds is 3. The highest BCUT2D eigenvalue weighted by Crippen LogP contribution is 2.39. The van der Waals surface area contributed by atoms with Crippen LogP contribution in [0.1, 0.15) is 12.5 Å². The summed E-state index contributed by atoms with van der Waals surface area (Å²) in [5.74, 6) is 1.43. The van der Waals surface area contributed by atoms with Gasteiger partial charge in [-0.3, -0.25) is 5.43 Å². The van der Waals surface area contributed by atoms with Gasteiger partial charge in [-0.1, -0.05) is 0 Å². The van der Waals surface area contributed by atoms with Crippen LogP contribution in [0.3, 0.4) is 0 Å². The van der Waals surface area contributed by atoms with Crippen molar-refractivity contribution < 1.29 is 9.47 Å². The summed E-state index contributed by atoms with van der Waals surface area (Å²) in [7, 11) is 0. The van der Waals surface area contributed by atoms with Crippen LogP contribution in [0.2, 0.25) is 0 Å². The molecule has 1 aliphatic heterocycles. The normalized spacial score (nSPS) is 12.8. The standard InChI is InChI=1S/C11H12BrN3O2S/c1-2-13-11(18)15-14-5-7-3-8(12)10-9(4-7)16-6-17-10/h3-5H,2,6H2,1H3,(H2,13,15,18)/b14-5+. The van der Waals surface area contributed by atoms with E-state index in [1.165, 1.54) is 0 Å². The van der Waals surface area contributed by atoms with E-state index < -0.39 is 0 Å². The molecule has 0 unspecified atom stereocenters. The monoisotopic (exact) mass is 329 g/mol. The van der Waals surface area contributed by atoms with E-state index in [0.717, 1.165) is 22.3 Å². The van der Waals surface area contributed by atoms with Crippen LogP contribution in [0.4, 0.5) is 0 Å². The molecule has 2 N–H and O–H groups in total. The van der Waals surface area contributed by atoms with Gasteiger partial charge >= 0.3 is 0 Å². The maximum atomic E-state index is 5.31.